The van der Waals surface area contributed by atoms with Gasteiger partial charge in [-0.15, -0.1) is 24.8 Å². The summed E-state index contributed by atoms with van der Waals surface area (Å²) in [6, 6.07) is 16.4. The number of benzene rings is 2. The molecule has 0 unspecified atom stereocenters. The van der Waals surface area contributed by atoms with E-state index in [1.807, 2.05) is 48.5 Å². The molecule has 0 amide bonds. The van der Waals surface area contributed by atoms with Crippen LogP contribution in [0.4, 0.5) is 6.01 Å². The molecule has 3 aromatic rings. The molecule has 4 rings (SSSR count). The molecule has 0 radical (unpaired) electrons. The molecule has 1 saturated heterocycles. The van der Waals surface area contributed by atoms with E-state index in [-0.39, 0.29) is 24.8 Å². The standard InChI is InChI=1S/C22H27N3O3.2ClH/c1-26-20-8-4-5-9-21(20)27-15-12-23-16-17-10-13-25(14-11-17)22-24-18-6-2-3-7-19(18)28-22;;/h2-9,17,23H,10-16H2,1H3;2*1H. The maximum absolute atomic E-state index is 5.89. The Kier molecular flexibility index (Phi) is 9.56. The summed E-state index contributed by atoms with van der Waals surface area (Å²) in [7, 11) is 1.66. The quantitative estimate of drug-likeness (QED) is 0.504. The molecule has 0 spiro atoms. The summed E-state index contributed by atoms with van der Waals surface area (Å²) in [4.78, 5) is 6.86. The lowest BCUT2D eigenvalue weighted by Crippen LogP contribution is -2.38. The minimum Gasteiger partial charge on any atom is -0.493 e. The highest BCUT2D eigenvalue weighted by Crippen LogP contribution is 2.27. The molecule has 1 aliphatic rings. The second-order valence-electron chi connectivity index (χ2n) is 7.10. The number of piperidine rings is 1. The first kappa shape index (κ1) is 24.1. The lowest BCUT2D eigenvalue weighted by Gasteiger charge is -2.31. The predicted octanol–water partition coefficient (Wildman–Crippen LogP) is 4.57. The number of hydrogen-bond acceptors (Lipinski definition) is 6. The number of para-hydroxylation sites is 4. The number of aromatic nitrogens is 1. The third-order valence-electron chi connectivity index (χ3n) is 5.21. The van der Waals surface area contributed by atoms with Crippen LogP contribution in [0.3, 0.4) is 0 Å². The van der Waals surface area contributed by atoms with Crippen LogP contribution in [0.5, 0.6) is 11.5 Å². The van der Waals surface area contributed by atoms with Gasteiger partial charge in [0.1, 0.15) is 12.1 Å². The fourth-order valence-corrected chi connectivity index (χ4v) is 3.60. The Morgan fingerprint density at radius 3 is 2.47 bits per heavy atom. The number of anilines is 1. The largest absolute Gasteiger partial charge is 0.493 e. The number of fused-ring (bicyclic) bond motifs is 1. The predicted molar refractivity (Wildman–Crippen MR) is 125 cm³/mol. The Bertz CT molecular complexity index is 865. The van der Waals surface area contributed by atoms with Crippen LogP contribution in [0.25, 0.3) is 11.1 Å². The zero-order chi connectivity index (χ0) is 19.2. The van der Waals surface area contributed by atoms with E-state index < -0.39 is 0 Å². The summed E-state index contributed by atoms with van der Waals surface area (Å²) >= 11 is 0. The van der Waals surface area contributed by atoms with Crippen molar-refractivity contribution in [1.29, 1.82) is 0 Å². The third-order valence-corrected chi connectivity index (χ3v) is 5.21. The van der Waals surface area contributed by atoms with E-state index in [1.165, 1.54) is 0 Å². The van der Waals surface area contributed by atoms with Gasteiger partial charge >= 0.3 is 0 Å². The number of oxazole rings is 1. The summed E-state index contributed by atoms with van der Waals surface area (Å²) in [6.45, 7) is 4.43. The van der Waals surface area contributed by atoms with Crippen molar-refractivity contribution in [1.82, 2.24) is 10.3 Å². The third kappa shape index (κ3) is 5.94. The summed E-state index contributed by atoms with van der Waals surface area (Å²) in [5.74, 6) is 2.24. The van der Waals surface area contributed by atoms with Gasteiger partial charge in [0.05, 0.1) is 7.11 Å². The first-order valence-corrected chi connectivity index (χ1v) is 9.90. The normalized spacial score (nSPS) is 14.1. The smallest absolute Gasteiger partial charge is 0.298 e. The number of halogens is 2. The van der Waals surface area contributed by atoms with E-state index in [0.29, 0.717) is 12.5 Å². The lowest BCUT2D eigenvalue weighted by atomic mass is 9.97. The molecule has 0 atom stereocenters. The maximum atomic E-state index is 5.89. The molecule has 6 nitrogen and oxygen atoms in total. The fraction of sp³-hybridized carbons (Fsp3) is 0.409. The molecule has 30 heavy (non-hydrogen) atoms. The van der Waals surface area contributed by atoms with Gasteiger partial charge in [-0.3, -0.25) is 0 Å². The molecule has 1 aromatic heterocycles. The minimum atomic E-state index is 0. The molecule has 0 bridgehead atoms. The van der Waals surface area contributed by atoms with Gasteiger partial charge in [-0.25, -0.2) is 0 Å². The number of ether oxygens (including phenoxy) is 2. The Morgan fingerprint density at radius 2 is 1.73 bits per heavy atom. The van der Waals surface area contributed by atoms with Gasteiger partial charge in [0.2, 0.25) is 0 Å². The van der Waals surface area contributed by atoms with E-state index in [4.69, 9.17) is 13.9 Å². The van der Waals surface area contributed by atoms with E-state index in [2.05, 4.69) is 15.2 Å². The van der Waals surface area contributed by atoms with Gasteiger partial charge < -0.3 is 24.1 Å². The number of methoxy groups -OCH3 is 1. The van der Waals surface area contributed by atoms with E-state index >= 15 is 0 Å². The van der Waals surface area contributed by atoms with Gasteiger partial charge in [-0.1, -0.05) is 24.3 Å². The number of hydrogen-bond donors (Lipinski definition) is 1. The number of rotatable bonds is 8. The molecule has 164 valence electrons. The molecule has 1 fully saturated rings. The van der Waals surface area contributed by atoms with Gasteiger partial charge in [-0.2, -0.15) is 4.98 Å². The van der Waals surface area contributed by atoms with Crippen LogP contribution < -0.4 is 19.7 Å². The minimum absolute atomic E-state index is 0. The summed E-state index contributed by atoms with van der Waals surface area (Å²) in [6.07, 6.45) is 2.28. The average molecular weight is 454 g/mol. The Morgan fingerprint density at radius 1 is 1.03 bits per heavy atom. The van der Waals surface area contributed by atoms with Crippen molar-refractivity contribution in [3.05, 3.63) is 48.5 Å². The van der Waals surface area contributed by atoms with Crippen molar-refractivity contribution in [2.75, 3.05) is 44.8 Å². The molecule has 2 heterocycles. The molecular weight excluding hydrogens is 425 g/mol. The van der Waals surface area contributed by atoms with Crippen molar-refractivity contribution in [2.45, 2.75) is 12.8 Å². The Balaban J connectivity index is 0.00000160. The molecule has 2 aromatic carbocycles. The molecule has 0 aliphatic carbocycles. The topological polar surface area (TPSA) is 59.8 Å². The maximum Gasteiger partial charge on any atom is 0.298 e. The second kappa shape index (κ2) is 11.9. The van der Waals surface area contributed by atoms with E-state index in [1.54, 1.807) is 7.11 Å². The summed E-state index contributed by atoms with van der Waals surface area (Å²) < 4.78 is 17.0. The summed E-state index contributed by atoms with van der Waals surface area (Å²) in [5.41, 5.74) is 1.78. The number of nitrogens with one attached hydrogen (secondary N) is 1. The van der Waals surface area contributed by atoms with E-state index in [9.17, 15) is 0 Å². The average Bonchev–Trinajstić information content (AvgIpc) is 3.18. The lowest BCUT2D eigenvalue weighted by molar-refractivity contribution is 0.284. The van der Waals surface area contributed by atoms with Crippen molar-refractivity contribution < 1.29 is 13.9 Å². The first-order chi connectivity index (χ1) is 13.8. The Hall–Kier alpha value is -2.15. The van der Waals surface area contributed by atoms with Crippen molar-refractivity contribution in [3.63, 3.8) is 0 Å². The highest BCUT2D eigenvalue weighted by Gasteiger charge is 2.22. The van der Waals surface area contributed by atoms with Gasteiger partial charge in [0, 0.05) is 19.6 Å². The van der Waals surface area contributed by atoms with Crippen LogP contribution >= 0.6 is 24.8 Å². The zero-order valence-electron chi connectivity index (χ0n) is 17.1. The zero-order valence-corrected chi connectivity index (χ0v) is 18.7. The van der Waals surface area contributed by atoms with E-state index in [0.717, 1.165) is 67.6 Å². The SMILES string of the molecule is COc1ccccc1OCCNCC1CCN(c2nc3ccccc3o2)CC1.Cl.Cl. The van der Waals surface area contributed by atoms with Gasteiger partial charge in [0.15, 0.2) is 17.1 Å². The second-order valence-corrected chi connectivity index (χ2v) is 7.10. The van der Waals surface area contributed by atoms with Gasteiger partial charge in [0.25, 0.3) is 6.01 Å². The number of nitrogens with zero attached hydrogens (tertiary/aromatic N) is 2. The highest BCUT2D eigenvalue weighted by molar-refractivity contribution is 5.85. The molecule has 1 N–H and O–H groups in total. The monoisotopic (exact) mass is 453 g/mol. The Labute approximate surface area is 189 Å². The van der Waals surface area contributed by atoms with Crippen LogP contribution in [0.1, 0.15) is 12.8 Å². The van der Waals surface area contributed by atoms with Crippen LogP contribution in [-0.2, 0) is 0 Å². The molecule has 8 heteroatoms. The van der Waals surface area contributed by atoms with Gasteiger partial charge in [-0.05, 0) is 49.6 Å². The molecule has 0 saturated carbocycles. The summed E-state index contributed by atoms with van der Waals surface area (Å²) in [5, 5.41) is 3.52. The van der Waals surface area contributed by atoms with Crippen molar-refractivity contribution >= 4 is 41.9 Å². The van der Waals surface area contributed by atoms with Crippen molar-refractivity contribution in [3.8, 4) is 11.5 Å². The van der Waals surface area contributed by atoms with Crippen LogP contribution in [0.2, 0.25) is 0 Å². The fourth-order valence-electron chi connectivity index (χ4n) is 3.60. The molecular formula is C22H29Cl2N3O3. The van der Waals surface area contributed by atoms with Crippen LogP contribution in [-0.4, -0.2) is 44.9 Å². The first-order valence-electron chi connectivity index (χ1n) is 9.90. The molecule has 1 aliphatic heterocycles. The van der Waals surface area contributed by atoms with Crippen molar-refractivity contribution in [2.24, 2.45) is 5.92 Å². The van der Waals surface area contributed by atoms with Crippen LogP contribution in [0.15, 0.2) is 52.9 Å². The van der Waals surface area contributed by atoms with Crippen LogP contribution in [0, 0.1) is 5.92 Å². The highest BCUT2D eigenvalue weighted by atomic mass is 35.5.